The number of hydrogen-bond donors (Lipinski definition) is 1. The van der Waals surface area contributed by atoms with E-state index < -0.39 is 0 Å². The Labute approximate surface area is 183 Å². The number of carbonyl (C=O) groups excluding carboxylic acids is 2. The van der Waals surface area contributed by atoms with E-state index in [1.807, 2.05) is 30.0 Å². The minimum absolute atomic E-state index is 0.0255. The van der Waals surface area contributed by atoms with Gasteiger partial charge in [-0.2, -0.15) is 0 Å². The molecule has 1 N–H and O–H groups in total. The summed E-state index contributed by atoms with van der Waals surface area (Å²) in [5, 5.41) is 2.95. The van der Waals surface area contributed by atoms with Gasteiger partial charge in [-0.05, 0) is 61.4 Å². The molecule has 2 amide bonds. The number of aryl methyl sites for hydroxylation is 1. The normalized spacial score (nSPS) is 16.4. The molecule has 2 heterocycles. The molecule has 5 heteroatoms. The van der Waals surface area contributed by atoms with E-state index in [4.69, 9.17) is 0 Å². The number of para-hydroxylation sites is 1. The molecule has 1 atom stereocenters. The highest BCUT2D eigenvalue weighted by molar-refractivity contribution is 6.09. The highest BCUT2D eigenvalue weighted by Crippen LogP contribution is 2.30. The fourth-order valence-electron chi connectivity index (χ4n) is 4.23. The van der Waals surface area contributed by atoms with Crippen LogP contribution >= 0.6 is 0 Å². The van der Waals surface area contributed by atoms with Crippen molar-refractivity contribution in [3.8, 4) is 0 Å². The van der Waals surface area contributed by atoms with Gasteiger partial charge in [-0.25, -0.2) is 0 Å². The van der Waals surface area contributed by atoms with Crippen molar-refractivity contribution < 1.29 is 9.59 Å². The third-order valence-corrected chi connectivity index (χ3v) is 5.97. The SMILES string of the molecule is Cc1cccc(C(=O)N2CCCC(c3ccccc3)CC2)c1NC(=O)c1ccncc1. The van der Waals surface area contributed by atoms with E-state index in [0.29, 0.717) is 29.3 Å². The van der Waals surface area contributed by atoms with Crippen molar-refractivity contribution in [1.29, 1.82) is 0 Å². The lowest BCUT2D eigenvalue weighted by Gasteiger charge is -2.23. The van der Waals surface area contributed by atoms with Crippen LogP contribution in [-0.2, 0) is 0 Å². The average Bonchev–Trinajstić information content (AvgIpc) is 3.07. The first-order valence-corrected chi connectivity index (χ1v) is 10.8. The van der Waals surface area contributed by atoms with Crippen LogP contribution in [0.4, 0.5) is 5.69 Å². The van der Waals surface area contributed by atoms with Gasteiger partial charge in [0.25, 0.3) is 11.8 Å². The highest BCUT2D eigenvalue weighted by atomic mass is 16.2. The molecule has 2 aromatic carbocycles. The van der Waals surface area contributed by atoms with Gasteiger partial charge < -0.3 is 10.2 Å². The Bertz CT molecular complexity index is 1050. The van der Waals surface area contributed by atoms with Crippen LogP contribution < -0.4 is 5.32 Å². The van der Waals surface area contributed by atoms with Crippen molar-refractivity contribution in [2.75, 3.05) is 18.4 Å². The lowest BCUT2D eigenvalue weighted by atomic mass is 9.92. The first kappa shape index (κ1) is 20.8. The van der Waals surface area contributed by atoms with Gasteiger partial charge in [-0.1, -0.05) is 42.5 Å². The van der Waals surface area contributed by atoms with Crippen molar-refractivity contribution in [2.24, 2.45) is 0 Å². The first-order chi connectivity index (χ1) is 15.1. The fraction of sp³-hybridized carbons (Fsp3) is 0.269. The highest BCUT2D eigenvalue weighted by Gasteiger charge is 2.25. The number of pyridine rings is 1. The summed E-state index contributed by atoms with van der Waals surface area (Å²) in [4.78, 5) is 32.0. The number of amides is 2. The van der Waals surface area contributed by atoms with Gasteiger partial charge in [0.05, 0.1) is 11.3 Å². The molecule has 1 aromatic heterocycles. The van der Waals surface area contributed by atoms with Crippen LogP contribution in [0, 0.1) is 6.92 Å². The van der Waals surface area contributed by atoms with Crippen LogP contribution in [-0.4, -0.2) is 34.8 Å². The Morgan fingerprint density at radius 1 is 0.935 bits per heavy atom. The Kier molecular flexibility index (Phi) is 6.41. The standard InChI is InChI=1S/C26H27N3O2/c1-19-7-5-11-23(24(19)28-25(30)22-12-15-27-16-13-22)26(31)29-17-6-10-21(14-18-29)20-8-3-2-4-9-20/h2-5,7-9,11-13,15-16,21H,6,10,14,17-18H2,1H3,(H,28,30). The van der Waals surface area contributed by atoms with Gasteiger partial charge >= 0.3 is 0 Å². The average molecular weight is 414 g/mol. The Morgan fingerprint density at radius 3 is 2.48 bits per heavy atom. The lowest BCUT2D eigenvalue weighted by molar-refractivity contribution is 0.0762. The molecule has 4 rings (SSSR count). The number of nitrogens with zero attached hydrogens (tertiary/aromatic N) is 2. The summed E-state index contributed by atoms with van der Waals surface area (Å²) in [5.74, 6) is 0.204. The molecule has 158 valence electrons. The molecule has 0 spiro atoms. The molecular weight excluding hydrogens is 386 g/mol. The molecule has 0 bridgehead atoms. The maximum atomic E-state index is 13.5. The van der Waals surface area contributed by atoms with E-state index in [1.54, 1.807) is 30.6 Å². The third-order valence-electron chi connectivity index (χ3n) is 5.97. The second-order valence-electron chi connectivity index (χ2n) is 8.02. The molecule has 5 nitrogen and oxygen atoms in total. The van der Waals surface area contributed by atoms with Crippen LogP contribution in [0.2, 0.25) is 0 Å². The maximum absolute atomic E-state index is 13.5. The topological polar surface area (TPSA) is 62.3 Å². The summed E-state index contributed by atoms with van der Waals surface area (Å²) in [6, 6.07) is 19.4. The minimum atomic E-state index is -0.245. The maximum Gasteiger partial charge on any atom is 0.255 e. The lowest BCUT2D eigenvalue weighted by Crippen LogP contribution is -2.33. The van der Waals surface area contributed by atoms with Gasteiger partial charge in [0, 0.05) is 31.0 Å². The molecular formula is C26H27N3O2. The molecule has 31 heavy (non-hydrogen) atoms. The fourth-order valence-corrected chi connectivity index (χ4v) is 4.23. The van der Waals surface area contributed by atoms with Crippen molar-refractivity contribution in [2.45, 2.75) is 32.1 Å². The van der Waals surface area contributed by atoms with E-state index in [9.17, 15) is 9.59 Å². The predicted molar refractivity (Wildman–Crippen MR) is 122 cm³/mol. The quantitative estimate of drug-likeness (QED) is 0.651. The van der Waals surface area contributed by atoms with Crippen LogP contribution in [0.15, 0.2) is 73.1 Å². The van der Waals surface area contributed by atoms with Crippen LogP contribution in [0.3, 0.4) is 0 Å². The van der Waals surface area contributed by atoms with E-state index >= 15 is 0 Å². The van der Waals surface area contributed by atoms with E-state index in [1.165, 1.54) is 5.56 Å². The smallest absolute Gasteiger partial charge is 0.255 e. The molecule has 1 fully saturated rings. The van der Waals surface area contributed by atoms with E-state index in [0.717, 1.165) is 31.4 Å². The number of carbonyl (C=O) groups is 2. The van der Waals surface area contributed by atoms with Crippen LogP contribution in [0.25, 0.3) is 0 Å². The second-order valence-corrected chi connectivity index (χ2v) is 8.02. The number of nitrogens with one attached hydrogen (secondary N) is 1. The van der Waals surface area contributed by atoms with Gasteiger partial charge in [-0.15, -0.1) is 0 Å². The summed E-state index contributed by atoms with van der Waals surface area (Å²) < 4.78 is 0. The molecule has 0 aliphatic carbocycles. The molecule has 1 saturated heterocycles. The van der Waals surface area contributed by atoms with E-state index in [-0.39, 0.29) is 11.8 Å². The molecule has 0 saturated carbocycles. The second kappa shape index (κ2) is 9.56. The molecule has 1 aliphatic heterocycles. The summed E-state index contributed by atoms with van der Waals surface area (Å²) >= 11 is 0. The first-order valence-electron chi connectivity index (χ1n) is 10.8. The number of anilines is 1. The Hall–Kier alpha value is -3.47. The molecule has 1 unspecified atom stereocenters. The number of rotatable bonds is 4. The largest absolute Gasteiger partial charge is 0.339 e. The third kappa shape index (κ3) is 4.82. The zero-order valence-corrected chi connectivity index (χ0v) is 17.8. The Balaban J connectivity index is 1.52. The van der Waals surface area contributed by atoms with E-state index in [2.05, 4.69) is 34.6 Å². The Morgan fingerprint density at radius 2 is 1.71 bits per heavy atom. The molecule has 3 aromatic rings. The zero-order valence-electron chi connectivity index (χ0n) is 17.8. The van der Waals surface area contributed by atoms with Crippen molar-refractivity contribution in [3.05, 3.63) is 95.3 Å². The minimum Gasteiger partial charge on any atom is -0.339 e. The van der Waals surface area contributed by atoms with Gasteiger partial charge in [0.1, 0.15) is 0 Å². The summed E-state index contributed by atoms with van der Waals surface area (Å²) in [6.45, 7) is 3.35. The van der Waals surface area contributed by atoms with Crippen molar-refractivity contribution in [3.63, 3.8) is 0 Å². The summed E-state index contributed by atoms with van der Waals surface area (Å²) in [6.07, 6.45) is 6.15. The monoisotopic (exact) mass is 413 g/mol. The van der Waals surface area contributed by atoms with Crippen molar-refractivity contribution in [1.82, 2.24) is 9.88 Å². The number of aromatic nitrogens is 1. The zero-order chi connectivity index (χ0) is 21.6. The van der Waals surface area contributed by atoms with Gasteiger partial charge in [-0.3, -0.25) is 14.6 Å². The molecule has 0 radical (unpaired) electrons. The van der Waals surface area contributed by atoms with Crippen molar-refractivity contribution >= 4 is 17.5 Å². The molecule has 1 aliphatic rings. The van der Waals surface area contributed by atoms with Crippen LogP contribution in [0.5, 0.6) is 0 Å². The summed E-state index contributed by atoms with van der Waals surface area (Å²) in [7, 11) is 0. The predicted octanol–water partition coefficient (Wildman–Crippen LogP) is 5.05. The van der Waals surface area contributed by atoms with Gasteiger partial charge in [0.15, 0.2) is 0 Å². The number of hydrogen-bond acceptors (Lipinski definition) is 3. The number of benzene rings is 2. The summed E-state index contributed by atoms with van der Waals surface area (Å²) in [5.41, 5.74) is 3.85. The van der Waals surface area contributed by atoms with Gasteiger partial charge in [0.2, 0.25) is 0 Å². The number of likely N-dealkylation sites (tertiary alicyclic amines) is 1. The van der Waals surface area contributed by atoms with Crippen LogP contribution in [0.1, 0.15) is 57.0 Å².